The number of carbonyl (C=O) groups excluding carboxylic acids is 3. The summed E-state index contributed by atoms with van der Waals surface area (Å²) in [5.41, 5.74) is 5.02. The monoisotopic (exact) mass is 492 g/mol. The maximum absolute atomic E-state index is 12.8. The molecule has 0 unspecified atom stereocenters. The minimum atomic E-state index is -0.686. The molecule has 10 heteroatoms. The fourth-order valence-corrected chi connectivity index (χ4v) is 3.13. The Hall–Kier alpha value is -4.99. The maximum Gasteiger partial charge on any atom is 0.343 e. The van der Waals surface area contributed by atoms with Crippen LogP contribution < -0.4 is 29.8 Å². The highest BCUT2D eigenvalue weighted by Gasteiger charge is 2.19. The van der Waals surface area contributed by atoms with Crippen molar-refractivity contribution >= 4 is 23.9 Å². The van der Waals surface area contributed by atoms with E-state index in [1.807, 2.05) is 0 Å². The lowest BCUT2D eigenvalue weighted by molar-refractivity contribution is -0.117. The van der Waals surface area contributed by atoms with Crippen LogP contribution in [0.3, 0.4) is 0 Å². The van der Waals surface area contributed by atoms with Gasteiger partial charge in [-0.2, -0.15) is 0 Å². The molecule has 2 amide bonds. The molecule has 186 valence electrons. The van der Waals surface area contributed by atoms with Crippen molar-refractivity contribution < 1.29 is 38.4 Å². The molecule has 0 saturated carbocycles. The summed E-state index contributed by atoms with van der Waals surface area (Å²) in [6.07, 6.45) is 2.57. The number of aromatic hydroxyl groups is 1. The molecule has 0 aliphatic heterocycles. The number of nitrogens with one attached hydrogen (secondary N) is 2. The Morgan fingerprint density at radius 3 is 2.08 bits per heavy atom. The molecule has 3 rings (SSSR count). The minimum absolute atomic E-state index is 0.00540. The van der Waals surface area contributed by atoms with Gasteiger partial charge in [0.2, 0.25) is 5.75 Å². The number of amides is 2. The van der Waals surface area contributed by atoms with Crippen LogP contribution in [0.5, 0.6) is 28.7 Å². The van der Waals surface area contributed by atoms with Gasteiger partial charge >= 0.3 is 5.97 Å². The lowest BCUT2D eigenvalue weighted by atomic mass is 10.1. The van der Waals surface area contributed by atoms with E-state index in [1.54, 1.807) is 36.4 Å². The highest BCUT2D eigenvalue weighted by Crippen LogP contribution is 2.38. The topological polar surface area (TPSA) is 132 Å². The molecule has 0 radical (unpaired) electrons. The van der Waals surface area contributed by atoms with Crippen LogP contribution in [-0.4, -0.2) is 44.2 Å². The molecule has 10 nitrogen and oxygen atoms in total. The summed E-state index contributed by atoms with van der Waals surface area (Å²) in [7, 11) is 4.32. The third-order valence-electron chi connectivity index (χ3n) is 4.88. The van der Waals surface area contributed by atoms with Crippen molar-refractivity contribution in [3.63, 3.8) is 0 Å². The molecule has 0 aliphatic rings. The Kier molecular flexibility index (Phi) is 8.49. The Morgan fingerprint density at radius 1 is 0.806 bits per heavy atom. The van der Waals surface area contributed by atoms with Gasteiger partial charge in [0.05, 0.1) is 32.5 Å². The molecular weight excluding hydrogens is 468 g/mol. The number of benzene rings is 3. The van der Waals surface area contributed by atoms with Gasteiger partial charge in [0.1, 0.15) is 11.5 Å². The highest BCUT2D eigenvalue weighted by molar-refractivity contribution is 5.99. The van der Waals surface area contributed by atoms with Crippen molar-refractivity contribution in [2.45, 2.75) is 0 Å². The number of hydrogen-bond donors (Lipinski definition) is 3. The van der Waals surface area contributed by atoms with Gasteiger partial charge in [-0.3, -0.25) is 20.4 Å². The number of hydrogen-bond acceptors (Lipinski definition) is 8. The van der Waals surface area contributed by atoms with Crippen LogP contribution in [0.15, 0.2) is 66.7 Å². The number of phenols is 1. The van der Waals surface area contributed by atoms with Gasteiger partial charge in [-0.15, -0.1) is 0 Å². The van der Waals surface area contributed by atoms with Crippen molar-refractivity contribution in [2.75, 3.05) is 21.3 Å². The molecule has 0 saturated heterocycles. The molecule has 0 aromatic heterocycles. The van der Waals surface area contributed by atoms with E-state index in [0.29, 0.717) is 22.8 Å². The number of phenolic OH excluding ortho intramolecular Hbond substituents is 1. The van der Waals surface area contributed by atoms with Gasteiger partial charge in [-0.25, -0.2) is 4.79 Å². The van der Waals surface area contributed by atoms with Crippen molar-refractivity contribution in [3.05, 3.63) is 83.4 Å². The fraction of sp³-hybridized carbons (Fsp3) is 0.115. The molecule has 0 spiro atoms. The largest absolute Gasteiger partial charge is 0.507 e. The number of rotatable bonds is 8. The number of ether oxygens (including phenoxy) is 4. The second kappa shape index (κ2) is 11.9. The van der Waals surface area contributed by atoms with E-state index in [1.165, 1.54) is 51.7 Å². The number of para-hydroxylation sites is 2. The molecule has 3 aromatic carbocycles. The standard InChI is InChI=1S/C26H24N2O8/c1-33-21-14-17(15-22(34-2)24(21)35-3)26(32)36-20-11-7-4-8-16(20)12-13-23(30)27-28-25(31)18-9-5-6-10-19(18)29/h4-15,29H,1-3H3,(H,27,30)(H,28,31)/b13-12+. The first-order valence-electron chi connectivity index (χ1n) is 10.6. The Bertz CT molecular complexity index is 1280. The highest BCUT2D eigenvalue weighted by atomic mass is 16.5. The van der Waals surface area contributed by atoms with E-state index in [0.717, 1.165) is 6.08 Å². The molecule has 0 bridgehead atoms. The summed E-state index contributed by atoms with van der Waals surface area (Å²) in [5.74, 6) is -1.13. The minimum Gasteiger partial charge on any atom is -0.507 e. The zero-order chi connectivity index (χ0) is 26.1. The number of hydrazine groups is 1. The first-order valence-corrected chi connectivity index (χ1v) is 10.6. The summed E-state index contributed by atoms with van der Waals surface area (Å²) in [4.78, 5) is 37.1. The summed E-state index contributed by atoms with van der Waals surface area (Å²) in [6, 6.07) is 15.4. The lowest BCUT2D eigenvalue weighted by Gasteiger charge is -2.14. The molecule has 3 aromatic rings. The van der Waals surface area contributed by atoms with Gasteiger partial charge in [0.15, 0.2) is 11.5 Å². The van der Waals surface area contributed by atoms with Crippen LogP contribution in [0.4, 0.5) is 0 Å². The predicted molar refractivity (Wildman–Crippen MR) is 130 cm³/mol. The van der Waals surface area contributed by atoms with Crippen LogP contribution in [0.25, 0.3) is 6.08 Å². The number of methoxy groups -OCH3 is 3. The normalized spacial score (nSPS) is 10.4. The van der Waals surface area contributed by atoms with Gasteiger partial charge < -0.3 is 24.1 Å². The third-order valence-corrected chi connectivity index (χ3v) is 4.88. The first-order chi connectivity index (χ1) is 17.4. The smallest absolute Gasteiger partial charge is 0.343 e. The summed E-state index contributed by atoms with van der Waals surface area (Å²) in [5, 5.41) is 9.72. The molecule has 36 heavy (non-hydrogen) atoms. The van der Waals surface area contributed by atoms with E-state index in [4.69, 9.17) is 18.9 Å². The summed E-state index contributed by atoms with van der Waals surface area (Å²) >= 11 is 0. The van der Waals surface area contributed by atoms with Crippen LogP contribution in [-0.2, 0) is 4.79 Å². The SMILES string of the molecule is COc1cc(C(=O)Oc2ccccc2/C=C/C(=O)NNC(=O)c2ccccc2O)cc(OC)c1OC. The van der Waals surface area contributed by atoms with Crippen LogP contribution in [0, 0.1) is 0 Å². The molecule has 3 N–H and O–H groups in total. The predicted octanol–water partition coefficient (Wildman–Crippen LogP) is 3.11. The van der Waals surface area contributed by atoms with E-state index < -0.39 is 17.8 Å². The Balaban J connectivity index is 1.70. The number of esters is 1. The molecule has 0 aliphatic carbocycles. The van der Waals surface area contributed by atoms with Crippen LogP contribution in [0.2, 0.25) is 0 Å². The molecular formula is C26H24N2O8. The van der Waals surface area contributed by atoms with E-state index in [9.17, 15) is 19.5 Å². The van der Waals surface area contributed by atoms with Crippen molar-refractivity contribution in [3.8, 4) is 28.7 Å². The van der Waals surface area contributed by atoms with Crippen LogP contribution in [0.1, 0.15) is 26.3 Å². The van der Waals surface area contributed by atoms with Gasteiger partial charge in [-0.05, 0) is 36.4 Å². The van der Waals surface area contributed by atoms with E-state index in [2.05, 4.69) is 10.9 Å². The van der Waals surface area contributed by atoms with E-state index in [-0.39, 0.29) is 22.6 Å². The Morgan fingerprint density at radius 2 is 1.44 bits per heavy atom. The van der Waals surface area contributed by atoms with Gasteiger partial charge in [0.25, 0.3) is 11.8 Å². The second-order valence-electron chi connectivity index (χ2n) is 7.14. The lowest BCUT2D eigenvalue weighted by Crippen LogP contribution is -2.40. The zero-order valence-electron chi connectivity index (χ0n) is 19.7. The van der Waals surface area contributed by atoms with Gasteiger partial charge in [0, 0.05) is 11.6 Å². The molecule has 0 fully saturated rings. The van der Waals surface area contributed by atoms with Crippen molar-refractivity contribution in [1.29, 1.82) is 0 Å². The average Bonchev–Trinajstić information content (AvgIpc) is 2.90. The fourth-order valence-electron chi connectivity index (χ4n) is 3.13. The van der Waals surface area contributed by atoms with E-state index >= 15 is 0 Å². The van der Waals surface area contributed by atoms with Gasteiger partial charge in [-0.1, -0.05) is 30.3 Å². The number of carbonyl (C=O) groups is 3. The first kappa shape index (κ1) is 25.6. The molecule has 0 heterocycles. The van der Waals surface area contributed by atoms with Crippen LogP contribution >= 0.6 is 0 Å². The van der Waals surface area contributed by atoms with Crippen molar-refractivity contribution in [2.24, 2.45) is 0 Å². The quantitative estimate of drug-likeness (QED) is 0.189. The maximum atomic E-state index is 12.8. The Labute approximate surface area is 207 Å². The second-order valence-corrected chi connectivity index (χ2v) is 7.14. The third kappa shape index (κ3) is 6.11. The summed E-state index contributed by atoms with van der Waals surface area (Å²) in [6.45, 7) is 0. The summed E-state index contributed by atoms with van der Waals surface area (Å²) < 4.78 is 21.3. The zero-order valence-corrected chi connectivity index (χ0v) is 19.7. The molecule has 0 atom stereocenters. The van der Waals surface area contributed by atoms with Crippen molar-refractivity contribution in [1.82, 2.24) is 10.9 Å². The average molecular weight is 492 g/mol.